The van der Waals surface area contributed by atoms with E-state index in [2.05, 4.69) is 30.2 Å². The van der Waals surface area contributed by atoms with E-state index < -0.39 is 0 Å². The van der Waals surface area contributed by atoms with Gasteiger partial charge < -0.3 is 4.42 Å². The van der Waals surface area contributed by atoms with Gasteiger partial charge in [-0.05, 0) is 42.1 Å². The summed E-state index contributed by atoms with van der Waals surface area (Å²) >= 11 is 1.22. The van der Waals surface area contributed by atoms with Crippen molar-refractivity contribution in [1.82, 2.24) is 34.8 Å². The monoisotopic (exact) mass is 391 g/mol. The van der Waals surface area contributed by atoms with Crippen LogP contribution in [0.25, 0.3) is 28.5 Å². The van der Waals surface area contributed by atoms with E-state index in [1.165, 1.54) is 30.2 Å². The van der Waals surface area contributed by atoms with Crippen molar-refractivity contribution in [1.29, 1.82) is 0 Å². The van der Waals surface area contributed by atoms with Crippen LogP contribution in [0.2, 0.25) is 0 Å². The highest BCUT2D eigenvalue weighted by Gasteiger charge is 2.15. The van der Waals surface area contributed by atoms with Gasteiger partial charge in [0, 0.05) is 23.5 Å². The Morgan fingerprint density at radius 1 is 1.00 bits per heavy atom. The summed E-state index contributed by atoms with van der Waals surface area (Å²) in [5, 5.41) is 13.3. The van der Waals surface area contributed by atoms with Crippen LogP contribution in [0.5, 0.6) is 0 Å². The molecule has 0 spiro atoms. The van der Waals surface area contributed by atoms with Crippen LogP contribution in [-0.4, -0.2) is 34.8 Å². The van der Waals surface area contributed by atoms with Gasteiger partial charge in [0.2, 0.25) is 5.89 Å². The fourth-order valence-electron chi connectivity index (χ4n) is 2.61. The zero-order chi connectivity index (χ0) is 18.9. The van der Waals surface area contributed by atoms with Crippen molar-refractivity contribution in [2.24, 2.45) is 0 Å². The molecule has 10 heteroatoms. The molecule has 0 unspecified atom stereocenters. The molecule has 0 aliphatic carbocycles. The van der Waals surface area contributed by atoms with Gasteiger partial charge in [-0.3, -0.25) is 4.98 Å². The maximum atomic E-state index is 13.6. The van der Waals surface area contributed by atoms with Crippen molar-refractivity contribution in [3.8, 4) is 22.7 Å². The largest absolute Gasteiger partial charge is 0.411 e. The Bertz CT molecular complexity index is 1270. The van der Waals surface area contributed by atoms with Gasteiger partial charge in [0.1, 0.15) is 17.2 Å². The van der Waals surface area contributed by atoms with Crippen LogP contribution in [0.15, 0.2) is 75.9 Å². The van der Waals surface area contributed by atoms with E-state index in [-0.39, 0.29) is 5.82 Å². The van der Waals surface area contributed by atoms with E-state index in [9.17, 15) is 4.39 Å². The Morgan fingerprint density at radius 3 is 2.75 bits per heavy atom. The predicted octanol–water partition coefficient (Wildman–Crippen LogP) is 3.53. The molecule has 0 atom stereocenters. The molecule has 8 nitrogen and oxygen atoms in total. The molecular weight excluding hydrogens is 381 g/mol. The Kier molecular flexibility index (Phi) is 4.02. The minimum atomic E-state index is -0.339. The molecule has 0 amide bonds. The highest BCUT2D eigenvalue weighted by Crippen LogP contribution is 2.31. The minimum Gasteiger partial charge on any atom is -0.411 e. The molecular formula is C18H10FN7OS. The number of hydrogen-bond donors (Lipinski definition) is 0. The number of hydrogen-bond acceptors (Lipinski definition) is 8. The molecule has 0 radical (unpaired) electrons. The van der Waals surface area contributed by atoms with Crippen LogP contribution in [0.3, 0.4) is 0 Å². The smallest absolute Gasteiger partial charge is 0.283 e. The summed E-state index contributed by atoms with van der Waals surface area (Å²) < 4.78 is 20.9. The minimum absolute atomic E-state index is 0.333. The SMILES string of the molecule is Fc1cccc(-c2cc(Sc3nnc(-c4ccncc4)o3)n3ncnc3n2)c1. The second kappa shape index (κ2) is 6.82. The molecule has 1 aromatic carbocycles. The number of rotatable bonds is 4. The average molecular weight is 391 g/mol. The van der Waals surface area contributed by atoms with E-state index in [4.69, 9.17) is 4.42 Å². The van der Waals surface area contributed by atoms with E-state index >= 15 is 0 Å². The summed E-state index contributed by atoms with van der Waals surface area (Å²) in [6.45, 7) is 0. The fourth-order valence-corrected chi connectivity index (χ4v) is 3.37. The van der Waals surface area contributed by atoms with E-state index in [1.54, 1.807) is 47.2 Å². The molecule has 0 aliphatic heterocycles. The van der Waals surface area contributed by atoms with Crippen LogP contribution in [-0.2, 0) is 0 Å². The van der Waals surface area contributed by atoms with Crippen molar-refractivity contribution >= 4 is 17.5 Å². The van der Waals surface area contributed by atoms with E-state index in [0.29, 0.717) is 33.2 Å². The van der Waals surface area contributed by atoms with Gasteiger partial charge in [-0.1, -0.05) is 12.1 Å². The van der Waals surface area contributed by atoms with Crippen LogP contribution < -0.4 is 0 Å². The first-order valence-corrected chi connectivity index (χ1v) is 8.96. The molecule has 0 saturated heterocycles. The summed E-state index contributed by atoms with van der Waals surface area (Å²) in [6.07, 6.45) is 4.71. The Labute approximate surface area is 161 Å². The number of benzene rings is 1. The van der Waals surface area contributed by atoms with Crippen LogP contribution in [0.1, 0.15) is 0 Å². The summed E-state index contributed by atoms with van der Waals surface area (Å²) in [5.41, 5.74) is 1.97. The maximum Gasteiger partial charge on any atom is 0.283 e. The maximum absolute atomic E-state index is 13.6. The Balaban J connectivity index is 1.54. The molecule has 136 valence electrons. The summed E-state index contributed by atoms with van der Waals surface area (Å²) in [7, 11) is 0. The lowest BCUT2D eigenvalue weighted by Crippen LogP contribution is -1.97. The highest BCUT2D eigenvalue weighted by atomic mass is 32.2. The third-order valence-electron chi connectivity index (χ3n) is 3.87. The molecule has 4 aromatic heterocycles. The number of halogens is 1. The molecule has 28 heavy (non-hydrogen) atoms. The molecule has 5 aromatic rings. The summed E-state index contributed by atoms with van der Waals surface area (Å²) in [5.74, 6) is 0.436. The van der Waals surface area contributed by atoms with Crippen molar-refractivity contribution in [3.05, 3.63) is 67.0 Å². The van der Waals surface area contributed by atoms with Crippen LogP contribution in [0, 0.1) is 5.82 Å². The van der Waals surface area contributed by atoms with Gasteiger partial charge >= 0.3 is 0 Å². The first-order valence-electron chi connectivity index (χ1n) is 8.15. The third-order valence-corrected chi connectivity index (χ3v) is 4.70. The Hall–Kier alpha value is -3.66. The Morgan fingerprint density at radius 2 is 1.89 bits per heavy atom. The second-order valence-electron chi connectivity index (χ2n) is 5.67. The number of pyridine rings is 1. The zero-order valence-electron chi connectivity index (χ0n) is 14.1. The molecule has 0 bridgehead atoms. The lowest BCUT2D eigenvalue weighted by Gasteiger charge is -2.05. The quantitative estimate of drug-likeness (QED) is 0.430. The molecule has 0 N–H and O–H groups in total. The van der Waals surface area contributed by atoms with Gasteiger partial charge in [-0.25, -0.2) is 9.37 Å². The van der Waals surface area contributed by atoms with Gasteiger partial charge in [0.05, 0.1) is 5.69 Å². The fraction of sp³-hybridized carbons (Fsp3) is 0. The van der Waals surface area contributed by atoms with Gasteiger partial charge in [0.15, 0.2) is 0 Å². The first kappa shape index (κ1) is 16.5. The van der Waals surface area contributed by atoms with Crippen molar-refractivity contribution in [3.63, 3.8) is 0 Å². The standard InChI is InChI=1S/C18H10FN7OS/c19-13-3-1-2-12(8-13)14-9-15(26-17(23-14)21-10-22-26)28-18-25-24-16(27-18)11-4-6-20-7-5-11/h1-10H. The molecule has 0 aliphatic rings. The van der Waals surface area contributed by atoms with Gasteiger partial charge in [-0.2, -0.15) is 14.6 Å². The van der Waals surface area contributed by atoms with Crippen molar-refractivity contribution < 1.29 is 8.81 Å². The molecule has 0 saturated carbocycles. The number of nitrogens with zero attached hydrogens (tertiary/aromatic N) is 7. The predicted molar refractivity (Wildman–Crippen MR) is 97.8 cm³/mol. The zero-order valence-corrected chi connectivity index (χ0v) is 14.9. The number of aromatic nitrogens is 7. The summed E-state index contributed by atoms with van der Waals surface area (Å²) in [4.78, 5) is 12.6. The molecule has 0 fully saturated rings. The average Bonchev–Trinajstić information content (AvgIpc) is 3.38. The highest BCUT2D eigenvalue weighted by molar-refractivity contribution is 7.99. The topological polar surface area (TPSA) is 94.9 Å². The van der Waals surface area contributed by atoms with E-state index in [1.807, 2.05) is 0 Å². The molecule has 5 rings (SSSR count). The summed E-state index contributed by atoms with van der Waals surface area (Å²) in [6, 6.07) is 11.6. The van der Waals surface area contributed by atoms with E-state index in [0.717, 1.165) is 5.56 Å². The van der Waals surface area contributed by atoms with Gasteiger partial charge in [0.25, 0.3) is 11.0 Å². The normalized spacial score (nSPS) is 11.2. The number of fused-ring (bicyclic) bond motifs is 1. The van der Waals surface area contributed by atoms with Crippen LogP contribution in [0.4, 0.5) is 4.39 Å². The lowest BCUT2D eigenvalue weighted by atomic mass is 10.1. The molecule has 4 heterocycles. The van der Waals surface area contributed by atoms with Gasteiger partial charge in [-0.15, -0.1) is 10.2 Å². The van der Waals surface area contributed by atoms with Crippen molar-refractivity contribution in [2.45, 2.75) is 10.2 Å². The lowest BCUT2D eigenvalue weighted by molar-refractivity contribution is 0.465. The first-order chi connectivity index (χ1) is 13.8. The second-order valence-corrected chi connectivity index (χ2v) is 6.64. The van der Waals surface area contributed by atoms with Crippen LogP contribution >= 0.6 is 11.8 Å². The van der Waals surface area contributed by atoms with Crippen molar-refractivity contribution in [2.75, 3.05) is 0 Å². The third kappa shape index (κ3) is 3.09.